The van der Waals surface area contributed by atoms with Crippen LogP contribution in [0.5, 0.6) is 0 Å². The Labute approximate surface area is 116 Å². The topological polar surface area (TPSA) is 67.4 Å². The number of hydrogen-bond acceptors (Lipinski definition) is 4. The number of nitrogens with one attached hydrogen (secondary N) is 2. The Hall–Kier alpha value is -0.170. The van der Waals surface area contributed by atoms with Crippen LogP contribution in [-0.2, 0) is 14.8 Å². The van der Waals surface area contributed by atoms with E-state index in [2.05, 4.69) is 17.0 Å². The summed E-state index contributed by atoms with van der Waals surface area (Å²) in [5, 5.41) is 3.26. The molecule has 2 rings (SSSR count). The van der Waals surface area contributed by atoms with Crippen LogP contribution >= 0.6 is 0 Å². The lowest BCUT2D eigenvalue weighted by Crippen LogP contribution is -2.42. The van der Waals surface area contributed by atoms with Crippen molar-refractivity contribution in [2.75, 3.05) is 38.6 Å². The van der Waals surface area contributed by atoms with E-state index >= 15 is 0 Å². The summed E-state index contributed by atoms with van der Waals surface area (Å²) in [5.74, 6) is 0.515. The average molecular weight is 290 g/mol. The van der Waals surface area contributed by atoms with E-state index in [1.54, 1.807) is 0 Å². The largest absolute Gasteiger partial charge is 0.381 e. The van der Waals surface area contributed by atoms with Crippen molar-refractivity contribution in [2.45, 2.75) is 32.6 Å². The summed E-state index contributed by atoms with van der Waals surface area (Å²) in [4.78, 5) is 0. The highest BCUT2D eigenvalue weighted by Crippen LogP contribution is 2.29. The van der Waals surface area contributed by atoms with Crippen LogP contribution in [0.1, 0.15) is 32.6 Å². The molecule has 0 radical (unpaired) electrons. The van der Waals surface area contributed by atoms with Crippen LogP contribution in [0.25, 0.3) is 0 Å². The highest BCUT2D eigenvalue weighted by atomic mass is 32.2. The molecule has 2 N–H and O–H groups in total. The lowest BCUT2D eigenvalue weighted by Gasteiger charge is -2.33. The molecule has 6 heteroatoms. The Bertz CT molecular complexity index is 371. The minimum absolute atomic E-state index is 0.0517. The molecule has 112 valence electrons. The fourth-order valence-corrected chi connectivity index (χ4v) is 4.35. The first-order chi connectivity index (χ1) is 8.99. The maximum Gasteiger partial charge on any atom is 0.211 e. The molecule has 2 saturated heterocycles. The van der Waals surface area contributed by atoms with Crippen molar-refractivity contribution in [1.29, 1.82) is 0 Å². The third kappa shape index (κ3) is 5.02. The summed E-state index contributed by atoms with van der Waals surface area (Å²) < 4.78 is 32.4. The Kier molecular flexibility index (Phi) is 5.22. The fraction of sp³-hybridized carbons (Fsp3) is 1.00. The molecule has 2 fully saturated rings. The van der Waals surface area contributed by atoms with Gasteiger partial charge in [0.1, 0.15) is 0 Å². The minimum atomic E-state index is -3.15. The van der Waals surface area contributed by atoms with E-state index in [1.165, 1.54) is 0 Å². The molecule has 0 aromatic rings. The summed E-state index contributed by atoms with van der Waals surface area (Å²) in [6, 6.07) is 0. The third-order valence-electron chi connectivity index (χ3n) is 4.27. The van der Waals surface area contributed by atoms with E-state index < -0.39 is 10.0 Å². The Morgan fingerprint density at radius 1 is 1.37 bits per heavy atom. The zero-order chi connectivity index (χ0) is 13.8. The van der Waals surface area contributed by atoms with E-state index in [4.69, 9.17) is 4.74 Å². The molecule has 0 amide bonds. The van der Waals surface area contributed by atoms with Gasteiger partial charge in [-0.1, -0.05) is 6.92 Å². The second-order valence-electron chi connectivity index (χ2n) is 6.24. The lowest BCUT2D eigenvalue weighted by atomic mass is 9.83. The first-order valence-electron chi connectivity index (χ1n) is 7.25. The third-order valence-corrected chi connectivity index (χ3v) is 5.77. The molecule has 0 aliphatic carbocycles. The maximum atomic E-state index is 12.1. The van der Waals surface area contributed by atoms with E-state index in [9.17, 15) is 8.42 Å². The molecule has 0 spiro atoms. The van der Waals surface area contributed by atoms with Gasteiger partial charge in [-0.25, -0.2) is 13.1 Å². The molecule has 2 heterocycles. The van der Waals surface area contributed by atoms with Crippen molar-refractivity contribution in [3.05, 3.63) is 0 Å². The van der Waals surface area contributed by atoms with Crippen LogP contribution in [-0.4, -0.2) is 47.0 Å². The molecule has 2 aliphatic rings. The summed E-state index contributed by atoms with van der Waals surface area (Å²) in [6.45, 7) is 6.00. The zero-order valence-electron chi connectivity index (χ0n) is 11.8. The molecular weight excluding hydrogens is 264 g/mol. The predicted octanol–water partition coefficient (Wildman–Crippen LogP) is 0.722. The van der Waals surface area contributed by atoms with Gasteiger partial charge in [-0.15, -0.1) is 0 Å². The zero-order valence-corrected chi connectivity index (χ0v) is 12.6. The molecule has 0 aromatic heterocycles. The highest BCUT2D eigenvalue weighted by molar-refractivity contribution is 7.89. The van der Waals surface area contributed by atoms with E-state index in [0.29, 0.717) is 6.54 Å². The number of rotatable bonds is 5. The van der Waals surface area contributed by atoms with Crippen molar-refractivity contribution in [1.82, 2.24) is 10.0 Å². The van der Waals surface area contributed by atoms with Gasteiger partial charge in [-0.05, 0) is 50.1 Å². The van der Waals surface area contributed by atoms with Crippen molar-refractivity contribution < 1.29 is 13.2 Å². The molecule has 2 aliphatic heterocycles. The van der Waals surface area contributed by atoms with E-state index in [0.717, 1.165) is 52.0 Å². The van der Waals surface area contributed by atoms with E-state index in [-0.39, 0.29) is 17.1 Å². The summed E-state index contributed by atoms with van der Waals surface area (Å²) >= 11 is 0. The highest BCUT2D eigenvalue weighted by Gasteiger charge is 2.29. The minimum Gasteiger partial charge on any atom is -0.381 e. The summed E-state index contributed by atoms with van der Waals surface area (Å²) in [5.41, 5.74) is 0.0517. The maximum absolute atomic E-state index is 12.1. The smallest absolute Gasteiger partial charge is 0.211 e. The monoisotopic (exact) mass is 290 g/mol. The molecule has 19 heavy (non-hydrogen) atoms. The fourth-order valence-electron chi connectivity index (χ4n) is 2.76. The van der Waals surface area contributed by atoms with Gasteiger partial charge in [0.2, 0.25) is 10.0 Å². The number of sulfonamides is 1. The number of ether oxygens (including phenoxy) is 1. The van der Waals surface area contributed by atoms with E-state index in [1.807, 2.05) is 0 Å². The van der Waals surface area contributed by atoms with Crippen molar-refractivity contribution in [3.63, 3.8) is 0 Å². The molecule has 1 atom stereocenters. The van der Waals surface area contributed by atoms with Crippen molar-refractivity contribution in [2.24, 2.45) is 11.3 Å². The van der Waals surface area contributed by atoms with Crippen LogP contribution < -0.4 is 10.0 Å². The van der Waals surface area contributed by atoms with Crippen molar-refractivity contribution in [3.8, 4) is 0 Å². The summed E-state index contributed by atoms with van der Waals surface area (Å²) in [7, 11) is -3.15. The molecule has 0 aromatic carbocycles. The van der Waals surface area contributed by atoms with Gasteiger partial charge in [-0.3, -0.25) is 0 Å². The van der Waals surface area contributed by atoms with Gasteiger partial charge >= 0.3 is 0 Å². The molecule has 0 bridgehead atoms. The Morgan fingerprint density at radius 3 is 2.74 bits per heavy atom. The quantitative estimate of drug-likeness (QED) is 0.783. The number of hydrogen-bond donors (Lipinski definition) is 2. The van der Waals surface area contributed by atoms with Crippen LogP contribution in [0.3, 0.4) is 0 Å². The summed E-state index contributed by atoms with van der Waals surface area (Å²) in [6.07, 6.45) is 3.95. The first kappa shape index (κ1) is 15.2. The van der Waals surface area contributed by atoms with Crippen LogP contribution in [0.2, 0.25) is 0 Å². The molecular formula is C13H26N2O3S. The van der Waals surface area contributed by atoms with Gasteiger partial charge in [0.05, 0.1) is 5.75 Å². The van der Waals surface area contributed by atoms with Crippen LogP contribution in [0.4, 0.5) is 0 Å². The second-order valence-corrected chi connectivity index (χ2v) is 8.09. The standard InChI is InChI=1S/C13H26N2O3S/c1-13(4-7-18-8-5-13)11-15-19(16,17)10-12-3-2-6-14-9-12/h12,14-15H,2-11H2,1H3. The van der Waals surface area contributed by atoms with Crippen molar-refractivity contribution >= 4 is 10.0 Å². The normalized spacial score (nSPS) is 28.2. The van der Waals surface area contributed by atoms with Gasteiger partial charge < -0.3 is 10.1 Å². The molecule has 5 nitrogen and oxygen atoms in total. The van der Waals surface area contributed by atoms with Crippen LogP contribution in [0, 0.1) is 11.3 Å². The predicted molar refractivity (Wildman–Crippen MR) is 75.5 cm³/mol. The lowest BCUT2D eigenvalue weighted by molar-refractivity contribution is 0.0264. The average Bonchev–Trinajstić information content (AvgIpc) is 2.38. The van der Waals surface area contributed by atoms with Crippen LogP contribution in [0.15, 0.2) is 0 Å². The van der Waals surface area contributed by atoms with Gasteiger partial charge in [0.15, 0.2) is 0 Å². The second kappa shape index (κ2) is 6.52. The molecule has 1 unspecified atom stereocenters. The Morgan fingerprint density at radius 2 is 2.11 bits per heavy atom. The van der Waals surface area contributed by atoms with Gasteiger partial charge in [-0.2, -0.15) is 0 Å². The number of piperidine rings is 1. The first-order valence-corrected chi connectivity index (χ1v) is 8.90. The molecule has 0 saturated carbocycles. The van der Waals surface area contributed by atoms with Gasteiger partial charge in [0, 0.05) is 19.8 Å². The SMILES string of the molecule is CC1(CNS(=O)(=O)CC2CCCNC2)CCOCC1. The Balaban J connectivity index is 1.79. The van der Waals surface area contributed by atoms with Gasteiger partial charge in [0.25, 0.3) is 0 Å².